The average Bonchev–Trinajstić information content (AvgIpc) is 3.12. The zero-order valence-electron chi connectivity index (χ0n) is 33.2. The summed E-state index contributed by atoms with van der Waals surface area (Å²) in [6.45, 7) is 6.23. The first kappa shape index (κ1) is 40.6. The van der Waals surface area contributed by atoms with Crippen molar-refractivity contribution >= 4 is 15.5 Å². The molecule has 2 aromatic rings. The van der Waals surface area contributed by atoms with Crippen molar-refractivity contribution in [1.82, 2.24) is 10.2 Å². The number of rotatable bonds is 23. The third kappa shape index (κ3) is 9.82. The summed E-state index contributed by atoms with van der Waals surface area (Å²) in [5, 5.41) is 6.90. The summed E-state index contributed by atoms with van der Waals surface area (Å²) in [6.07, 6.45) is 14.0. The number of ether oxygens (including phenoxy) is 4. The van der Waals surface area contributed by atoms with Crippen LogP contribution in [-0.2, 0) is 27.7 Å². The highest BCUT2D eigenvalue weighted by Crippen LogP contribution is 2.61. The van der Waals surface area contributed by atoms with E-state index < -0.39 is 15.5 Å². The lowest BCUT2D eigenvalue weighted by molar-refractivity contribution is -0.0123. The first-order valence-corrected chi connectivity index (χ1v) is 24.3. The smallest absolute Gasteiger partial charge is 0.459 e. The highest BCUT2D eigenvalue weighted by molar-refractivity contribution is 7.52. The summed E-state index contributed by atoms with van der Waals surface area (Å²) in [5.74, 6) is 5.96. The molecule has 2 N–H and O–H groups in total. The first-order valence-electron chi connectivity index (χ1n) is 21.2. The summed E-state index contributed by atoms with van der Waals surface area (Å²) in [7, 11) is -7.29. The summed E-state index contributed by atoms with van der Waals surface area (Å²) in [6, 6.07) is 14.5. The van der Waals surface area contributed by atoms with E-state index in [1.807, 2.05) is 38.1 Å². The molecular weight excluding hydrogens is 754 g/mol. The van der Waals surface area contributed by atoms with E-state index >= 15 is 0 Å². The molecule has 0 radical (unpaired) electrons. The third-order valence-electron chi connectivity index (χ3n) is 12.9. The second-order valence-electron chi connectivity index (χ2n) is 17.4. The van der Waals surface area contributed by atoms with Crippen molar-refractivity contribution in [1.29, 1.82) is 0 Å². The van der Waals surface area contributed by atoms with Gasteiger partial charge in [-0.25, -0.2) is 19.3 Å². The van der Waals surface area contributed by atoms with Gasteiger partial charge in [-0.15, -0.1) is 0 Å². The third-order valence-corrected chi connectivity index (χ3v) is 16.5. The maximum absolute atomic E-state index is 14.1. The summed E-state index contributed by atoms with van der Waals surface area (Å²) in [4.78, 5) is 0. The molecule has 14 heteroatoms. The molecule has 0 amide bonds. The molecule has 0 aliphatic heterocycles. The van der Waals surface area contributed by atoms with Crippen LogP contribution in [0, 0.1) is 35.5 Å². The molecule has 56 heavy (non-hydrogen) atoms. The van der Waals surface area contributed by atoms with Crippen molar-refractivity contribution in [3.05, 3.63) is 48.5 Å². The number of hydrogen-bond acceptors (Lipinski definition) is 10. The van der Waals surface area contributed by atoms with Crippen LogP contribution >= 0.6 is 15.5 Å². The molecule has 2 atom stereocenters. The van der Waals surface area contributed by atoms with E-state index in [2.05, 4.69) is 10.2 Å². The Hall–Kier alpha value is -2.14. The van der Waals surface area contributed by atoms with E-state index in [0.717, 1.165) is 38.5 Å². The molecule has 8 bridgehead atoms. The van der Waals surface area contributed by atoms with Gasteiger partial charge in [-0.2, -0.15) is 0 Å². The minimum absolute atomic E-state index is 0.184. The molecule has 0 saturated heterocycles. The maximum atomic E-state index is 14.1. The molecule has 8 aliphatic carbocycles. The Balaban J connectivity index is 0.746. The van der Waals surface area contributed by atoms with Gasteiger partial charge in [0.1, 0.15) is 13.2 Å². The largest absolute Gasteiger partial charge is 0.487 e. The molecule has 8 aliphatic rings. The van der Waals surface area contributed by atoms with Gasteiger partial charge in [0.2, 0.25) is 0 Å². The van der Waals surface area contributed by atoms with Gasteiger partial charge in [0.15, 0.2) is 23.0 Å². The fourth-order valence-corrected chi connectivity index (χ4v) is 15.4. The lowest BCUT2D eigenvalue weighted by atomic mass is 9.53. The van der Waals surface area contributed by atoms with Crippen LogP contribution in [0.15, 0.2) is 48.5 Å². The molecule has 8 fully saturated rings. The minimum Gasteiger partial charge on any atom is -0.487 e. The average molecular weight is 817 g/mol. The summed E-state index contributed by atoms with van der Waals surface area (Å²) < 4.78 is 75.8. The van der Waals surface area contributed by atoms with Crippen molar-refractivity contribution in [3.63, 3.8) is 0 Å². The van der Waals surface area contributed by atoms with E-state index in [1.165, 1.54) is 38.5 Å². The lowest BCUT2D eigenvalue weighted by Gasteiger charge is -2.57. The number of hydrogen-bond donors (Lipinski definition) is 2. The van der Waals surface area contributed by atoms with Gasteiger partial charge in [0.25, 0.3) is 0 Å². The van der Waals surface area contributed by atoms with Gasteiger partial charge in [-0.3, -0.25) is 9.05 Å². The number of nitrogens with one attached hydrogen (secondary N) is 2. The van der Waals surface area contributed by atoms with Crippen LogP contribution in [0.1, 0.15) is 90.9 Å². The molecule has 0 aromatic heterocycles. The predicted molar refractivity (Wildman–Crippen MR) is 213 cm³/mol. The monoisotopic (exact) mass is 816 g/mol. The molecule has 8 saturated carbocycles. The van der Waals surface area contributed by atoms with Crippen molar-refractivity contribution in [2.75, 3.05) is 52.9 Å². The van der Waals surface area contributed by atoms with Crippen LogP contribution in [0.3, 0.4) is 0 Å². The Kier molecular flexibility index (Phi) is 12.8. The van der Waals surface area contributed by atoms with Crippen molar-refractivity contribution in [2.24, 2.45) is 35.5 Å². The normalized spacial score (nSPS) is 33.2. The van der Waals surface area contributed by atoms with E-state index in [9.17, 15) is 9.13 Å². The van der Waals surface area contributed by atoms with Crippen LogP contribution in [0.5, 0.6) is 23.0 Å². The standard InChI is InChI=1S/C42H62N2O10P2/c1-3-51-55(45,43-41-25-31-19-32(26-41)21-33(20-31)27-41)53-39-11-7-5-9-37(39)49-17-15-47-13-14-48-16-18-50-38-10-6-8-12-40(38)54-56(46,52-4-2)44-42-28-34-22-35(29-42)24-36(23-34)30-42/h5-12,31-36H,3-4,13-30H2,1-2H3,(H,43,45)(H,44,46). The van der Waals surface area contributed by atoms with Crippen LogP contribution in [0.25, 0.3) is 0 Å². The fourth-order valence-electron chi connectivity index (χ4n) is 11.9. The van der Waals surface area contributed by atoms with Crippen LogP contribution in [0.4, 0.5) is 0 Å². The van der Waals surface area contributed by atoms with Crippen LogP contribution in [0.2, 0.25) is 0 Å². The topological polar surface area (TPSA) is 132 Å². The van der Waals surface area contributed by atoms with E-state index in [-0.39, 0.29) is 37.5 Å². The van der Waals surface area contributed by atoms with Gasteiger partial charge >= 0.3 is 15.5 Å². The Bertz CT molecular complexity index is 1530. The Labute approximate surface area is 332 Å². The van der Waals surface area contributed by atoms with Gasteiger partial charge in [-0.05, 0) is 151 Å². The molecule has 0 spiro atoms. The van der Waals surface area contributed by atoms with E-state index in [4.69, 9.17) is 37.0 Å². The van der Waals surface area contributed by atoms with Gasteiger partial charge < -0.3 is 28.0 Å². The summed E-state index contributed by atoms with van der Waals surface area (Å²) in [5.41, 5.74) is -0.368. The van der Waals surface area contributed by atoms with E-state index in [1.54, 1.807) is 24.3 Å². The minimum atomic E-state index is -3.64. The maximum Gasteiger partial charge on any atom is 0.459 e. The van der Waals surface area contributed by atoms with Crippen molar-refractivity contribution in [3.8, 4) is 23.0 Å². The van der Waals surface area contributed by atoms with Crippen molar-refractivity contribution in [2.45, 2.75) is 102 Å². The Morgan fingerprint density at radius 1 is 0.500 bits per heavy atom. The quantitative estimate of drug-likeness (QED) is 0.0819. The van der Waals surface area contributed by atoms with Gasteiger partial charge in [-0.1, -0.05) is 24.3 Å². The second-order valence-corrected chi connectivity index (χ2v) is 20.8. The molecule has 2 aromatic carbocycles. The van der Waals surface area contributed by atoms with Gasteiger partial charge in [0, 0.05) is 11.1 Å². The molecule has 12 nitrogen and oxygen atoms in total. The van der Waals surface area contributed by atoms with Crippen LogP contribution in [-0.4, -0.2) is 63.9 Å². The Morgan fingerprint density at radius 3 is 1.12 bits per heavy atom. The Morgan fingerprint density at radius 2 is 0.804 bits per heavy atom. The molecule has 310 valence electrons. The van der Waals surface area contributed by atoms with Crippen LogP contribution < -0.4 is 28.7 Å². The molecule has 2 unspecified atom stereocenters. The zero-order chi connectivity index (χ0) is 38.6. The fraction of sp³-hybridized carbons (Fsp3) is 0.714. The second kappa shape index (κ2) is 17.6. The molecule has 0 heterocycles. The molecule has 10 rings (SSSR count). The van der Waals surface area contributed by atoms with Gasteiger partial charge in [0.05, 0.1) is 39.6 Å². The summed E-state index contributed by atoms with van der Waals surface area (Å²) >= 11 is 0. The highest BCUT2D eigenvalue weighted by atomic mass is 31.2. The zero-order valence-corrected chi connectivity index (χ0v) is 35.0. The lowest BCUT2D eigenvalue weighted by Crippen LogP contribution is -2.57. The SMILES string of the molecule is CCOP(=O)(NC12CC3CC(CC(C3)C1)C2)Oc1ccccc1OCCOCCOCCOc1ccccc1OP(=O)(NC12CC3CC(CC(C3)C1)C2)OCC. The molecular formula is C42H62N2O10P2. The number of para-hydroxylation sites is 4. The van der Waals surface area contributed by atoms with E-state index in [0.29, 0.717) is 84.9 Å². The predicted octanol–water partition coefficient (Wildman–Crippen LogP) is 9.34. The first-order chi connectivity index (χ1) is 27.1. The number of benzene rings is 2. The highest BCUT2D eigenvalue weighted by Gasteiger charge is 2.55. The van der Waals surface area contributed by atoms with Crippen molar-refractivity contribution < 1.29 is 46.2 Å².